The molecule has 0 radical (unpaired) electrons. The first-order chi connectivity index (χ1) is 10.0. The molecule has 0 atom stereocenters. The van der Waals surface area contributed by atoms with Gasteiger partial charge in [0.15, 0.2) is 0 Å². The molecule has 2 rings (SSSR count). The van der Waals surface area contributed by atoms with Crippen LogP contribution in [0.2, 0.25) is 0 Å². The molecular weight excluding hydrogens is 260 g/mol. The number of amides is 1. The van der Waals surface area contributed by atoms with Gasteiger partial charge in [0.05, 0.1) is 11.5 Å². The van der Waals surface area contributed by atoms with Gasteiger partial charge in [-0.3, -0.25) is 4.79 Å². The van der Waals surface area contributed by atoms with Crippen molar-refractivity contribution < 1.29 is 4.79 Å². The van der Waals surface area contributed by atoms with Gasteiger partial charge in [0.25, 0.3) is 0 Å². The average Bonchev–Trinajstić information content (AvgIpc) is 2.74. The Morgan fingerprint density at radius 2 is 1.71 bits per heavy atom. The van der Waals surface area contributed by atoms with Crippen LogP contribution in [-0.4, -0.2) is 11.4 Å². The van der Waals surface area contributed by atoms with Gasteiger partial charge in [-0.05, 0) is 32.3 Å². The zero-order valence-corrected chi connectivity index (χ0v) is 13.0. The summed E-state index contributed by atoms with van der Waals surface area (Å²) >= 11 is 0. The molecule has 1 aliphatic carbocycles. The molecule has 1 amide bonds. The Kier molecular flexibility index (Phi) is 4.67. The lowest BCUT2D eigenvalue weighted by Gasteiger charge is -2.32. The average molecular weight is 284 g/mol. The number of hydrogen-bond acceptors (Lipinski definition) is 2. The van der Waals surface area contributed by atoms with E-state index in [0.717, 1.165) is 44.1 Å². The zero-order valence-electron chi connectivity index (χ0n) is 13.0. The number of nitrogens with one attached hydrogen (secondary N) is 1. The monoisotopic (exact) mass is 284 g/mol. The molecule has 0 heterocycles. The molecule has 0 aromatic heterocycles. The minimum absolute atomic E-state index is 0.0582. The van der Waals surface area contributed by atoms with Crippen molar-refractivity contribution in [3.63, 3.8) is 0 Å². The van der Waals surface area contributed by atoms with Gasteiger partial charge in [0, 0.05) is 0 Å². The van der Waals surface area contributed by atoms with E-state index in [0.29, 0.717) is 0 Å². The number of carbonyl (C=O) groups excluding carboxylic acids is 1. The summed E-state index contributed by atoms with van der Waals surface area (Å²) in [6.45, 7) is 3.83. The Bertz CT molecular complexity index is 520. The largest absolute Gasteiger partial charge is 0.337 e. The Morgan fingerprint density at radius 3 is 2.24 bits per heavy atom. The molecule has 0 saturated heterocycles. The maximum Gasteiger partial charge on any atom is 0.231 e. The van der Waals surface area contributed by atoms with Crippen LogP contribution in [0.1, 0.15) is 57.9 Å². The van der Waals surface area contributed by atoms with E-state index in [1.807, 2.05) is 44.2 Å². The third-order valence-electron chi connectivity index (χ3n) is 4.59. The predicted molar refractivity (Wildman–Crippen MR) is 83.7 cm³/mol. The van der Waals surface area contributed by atoms with Crippen LogP contribution in [0.15, 0.2) is 30.3 Å². The lowest BCUT2D eigenvalue weighted by Crippen LogP contribution is -2.52. The van der Waals surface area contributed by atoms with Crippen LogP contribution in [0.25, 0.3) is 0 Å². The summed E-state index contributed by atoms with van der Waals surface area (Å²) in [5.74, 6) is -0.0582. The Hall–Kier alpha value is -1.82. The van der Waals surface area contributed by atoms with E-state index in [1.165, 1.54) is 0 Å². The maximum absolute atomic E-state index is 12.7. The molecule has 112 valence electrons. The molecule has 3 heteroatoms. The van der Waals surface area contributed by atoms with Crippen LogP contribution in [0.3, 0.4) is 0 Å². The van der Waals surface area contributed by atoms with Crippen LogP contribution < -0.4 is 5.32 Å². The van der Waals surface area contributed by atoms with Crippen molar-refractivity contribution >= 4 is 5.91 Å². The summed E-state index contributed by atoms with van der Waals surface area (Å²) < 4.78 is 0. The minimum atomic E-state index is -0.681. The molecule has 1 aromatic carbocycles. The van der Waals surface area contributed by atoms with E-state index < -0.39 is 11.0 Å². The minimum Gasteiger partial charge on any atom is -0.337 e. The summed E-state index contributed by atoms with van der Waals surface area (Å²) in [6, 6.07) is 12.1. The van der Waals surface area contributed by atoms with Crippen molar-refractivity contribution in [1.29, 1.82) is 5.26 Å². The molecule has 1 fully saturated rings. The first-order valence-electron chi connectivity index (χ1n) is 7.80. The molecule has 1 N–H and O–H groups in total. The summed E-state index contributed by atoms with van der Waals surface area (Å²) in [4.78, 5) is 12.7. The smallest absolute Gasteiger partial charge is 0.231 e. The van der Waals surface area contributed by atoms with E-state index in [4.69, 9.17) is 0 Å². The number of carbonyl (C=O) groups is 1. The van der Waals surface area contributed by atoms with Crippen molar-refractivity contribution in [2.24, 2.45) is 0 Å². The van der Waals surface area contributed by atoms with Crippen molar-refractivity contribution in [3.05, 3.63) is 35.9 Å². The predicted octanol–water partition coefficient (Wildman–Crippen LogP) is 3.70. The highest BCUT2D eigenvalue weighted by molar-refractivity contribution is 5.88. The summed E-state index contributed by atoms with van der Waals surface area (Å²) in [5, 5.41) is 12.6. The van der Waals surface area contributed by atoms with E-state index >= 15 is 0 Å². The summed E-state index contributed by atoms with van der Waals surface area (Å²) in [5.41, 5.74) is -0.332. The highest BCUT2D eigenvalue weighted by Gasteiger charge is 2.38. The molecule has 0 bridgehead atoms. The number of nitriles is 1. The molecule has 0 spiro atoms. The first kappa shape index (κ1) is 15.6. The topological polar surface area (TPSA) is 52.9 Å². The number of rotatable bonds is 3. The maximum atomic E-state index is 12.7. The fourth-order valence-corrected chi connectivity index (χ4v) is 2.96. The molecular formula is C18H24N2O. The molecule has 3 nitrogen and oxygen atoms in total. The molecule has 0 unspecified atom stereocenters. The van der Waals surface area contributed by atoms with Gasteiger partial charge < -0.3 is 5.32 Å². The van der Waals surface area contributed by atoms with Crippen molar-refractivity contribution in [3.8, 4) is 6.07 Å². The number of nitrogens with zero attached hydrogens (tertiary/aromatic N) is 1. The molecule has 21 heavy (non-hydrogen) atoms. The highest BCUT2D eigenvalue weighted by Crippen LogP contribution is 2.29. The lowest BCUT2D eigenvalue weighted by atomic mass is 9.82. The van der Waals surface area contributed by atoms with Gasteiger partial charge in [-0.1, -0.05) is 56.0 Å². The molecule has 1 aromatic rings. The third kappa shape index (κ3) is 3.44. The van der Waals surface area contributed by atoms with Gasteiger partial charge in [-0.25, -0.2) is 0 Å². The summed E-state index contributed by atoms with van der Waals surface area (Å²) in [6.07, 6.45) is 5.86. The number of hydrogen-bond donors (Lipinski definition) is 1. The van der Waals surface area contributed by atoms with Crippen molar-refractivity contribution in [2.45, 2.75) is 63.3 Å². The fourth-order valence-electron chi connectivity index (χ4n) is 2.96. The van der Waals surface area contributed by atoms with Gasteiger partial charge in [-0.15, -0.1) is 0 Å². The van der Waals surface area contributed by atoms with Crippen LogP contribution in [0.5, 0.6) is 0 Å². The van der Waals surface area contributed by atoms with E-state index in [-0.39, 0.29) is 5.91 Å². The lowest BCUT2D eigenvalue weighted by molar-refractivity contribution is -0.127. The first-order valence-corrected chi connectivity index (χ1v) is 7.80. The van der Waals surface area contributed by atoms with Gasteiger partial charge >= 0.3 is 0 Å². The Morgan fingerprint density at radius 1 is 1.14 bits per heavy atom. The SMILES string of the molecule is CC(C)(C(=O)NC1(C#N)CCCCCC1)c1ccccc1. The zero-order chi connectivity index (χ0) is 15.3. The van der Waals surface area contributed by atoms with Crippen molar-refractivity contribution in [1.82, 2.24) is 5.32 Å². The van der Waals surface area contributed by atoms with Gasteiger partial charge in [-0.2, -0.15) is 5.26 Å². The molecule has 0 aliphatic heterocycles. The van der Waals surface area contributed by atoms with E-state index in [9.17, 15) is 10.1 Å². The second-order valence-electron chi connectivity index (χ2n) is 6.55. The fraction of sp³-hybridized carbons (Fsp3) is 0.556. The van der Waals surface area contributed by atoms with Gasteiger partial charge in [0.2, 0.25) is 5.91 Å². The second kappa shape index (κ2) is 6.30. The third-order valence-corrected chi connectivity index (χ3v) is 4.59. The van der Waals surface area contributed by atoms with Crippen LogP contribution in [0, 0.1) is 11.3 Å². The number of benzene rings is 1. The quantitative estimate of drug-likeness (QED) is 0.860. The molecule has 1 saturated carbocycles. The van der Waals surface area contributed by atoms with Crippen LogP contribution >= 0.6 is 0 Å². The van der Waals surface area contributed by atoms with Crippen molar-refractivity contribution in [2.75, 3.05) is 0 Å². The van der Waals surface area contributed by atoms with Gasteiger partial charge in [0.1, 0.15) is 5.54 Å². The molecule has 1 aliphatic rings. The van der Waals surface area contributed by atoms with E-state index in [2.05, 4.69) is 11.4 Å². The Labute approximate surface area is 127 Å². The normalized spacial score (nSPS) is 18.3. The van der Waals surface area contributed by atoms with E-state index in [1.54, 1.807) is 0 Å². The standard InChI is InChI=1S/C18H24N2O/c1-17(2,15-10-6-5-7-11-15)16(21)20-18(14-19)12-8-3-4-9-13-18/h5-7,10-11H,3-4,8-9,12-13H2,1-2H3,(H,20,21). The second-order valence-corrected chi connectivity index (χ2v) is 6.55. The van der Waals surface area contributed by atoms with Crippen LogP contribution in [-0.2, 0) is 10.2 Å². The summed E-state index contributed by atoms with van der Waals surface area (Å²) in [7, 11) is 0. The van der Waals surface area contributed by atoms with Crippen LogP contribution in [0.4, 0.5) is 0 Å². The Balaban J connectivity index is 2.17. The highest BCUT2D eigenvalue weighted by atomic mass is 16.2.